The maximum absolute atomic E-state index is 10.9. The highest BCUT2D eigenvalue weighted by molar-refractivity contribution is 5.90. The Balaban J connectivity index is 2.44. The quantitative estimate of drug-likeness (QED) is 0.782. The molecule has 0 spiro atoms. The summed E-state index contributed by atoms with van der Waals surface area (Å²) in [6.07, 6.45) is 1.63. The molecule has 0 radical (unpaired) electrons. The van der Waals surface area contributed by atoms with Gasteiger partial charge in [-0.3, -0.25) is 4.79 Å². The van der Waals surface area contributed by atoms with E-state index in [-0.39, 0.29) is 5.69 Å². The highest BCUT2D eigenvalue weighted by atomic mass is 16.1. The molecule has 17 heavy (non-hydrogen) atoms. The number of primary amides is 1. The van der Waals surface area contributed by atoms with Crippen LogP contribution in [0.25, 0.3) is 5.82 Å². The Morgan fingerprint density at radius 2 is 2.24 bits per heavy atom. The van der Waals surface area contributed by atoms with E-state index in [2.05, 4.69) is 20.4 Å². The van der Waals surface area contributed by atoms with Crippen molar-refractivity contribution in [2.45, 2.75) is 6.92 Å². The molecule has 0 aliphatic carbocycles. The lowest BCUT2D eigenvalue weighted by molar-refractivity contribution is 0.0995. The highest BCUT2D eigenvalue weighted by Gasteiger charge is 2.08. The summed E-state index contributed by atoms with van der Waals surface area (Å²) in [5.74, 6) is 0.508. The molecule has 2 heterocycles. The zero-order chi connectivity index (χ0) is 12.4. The highest BCUT2D eigenvalue weighted by Crippen LogP contribution is 2.09. The number of carbonyl (C=O) groups excluding carboxylic acids is 1. The molecule has 0 aliphatic heterocycles. The molecule has 1 amide bonds. The van der Waals surface area contributed by atoms with Crippen molar-refractivity contribution < 1.29 is 4.79 Å². The van der Waals surface area contributed by atoms with Gasteiger partial charge in [-0.25, -0.2) is 9.67 Å². The fourth-order valence-corrected chi connectivity index (χ4v) is 1.36. The number of nitrogens with one attached hydrogen (secondary N) is 1. The molecule has 2 aromatic heterocycles. The van der Waals surface area contributed by atoms with Crippen molar-refractivity contribution in [3.63, 3.8) is 0 Å². The number of nitrogens with two attached hydrogens (primary N) is 1. The topological polar surface area (TPSA) is 98.7 Å². The molecule has 0 atom stereocenters. The van der Waals surface area contributed by atoms with Crippen molar-refractivity contribution in [1.82, 2.24) is 19.7 Å². The summed E-state index contributed by atoms with van der Waals surface area (Å²) in [5.41, 5.74) is 6.13. The average Bonchev–Trinajstić information content (AvgIpc) is 2.77. The van der Waals surface area contributed by atoms with E-state index in [0.29, 0.717) is 11.8 Å². The number of hydrogen-bond donors (Lipinski definition) is 2. The summed E-state index contributed by atoms with van der Waals surface area (Å²) < 4.78 is 1.48. The zero-order valence-electron chi connectivity index (χ0n) is 9.51. The van der Waals surface area contributed by atoms with Gasteiger partial charge in [0.2, 0.25) is 5.95 Å². The number of amides is 1. The predicted octanol–water partition coefficient (Wildman–Crippen LogP) is 0.111. The van der Waals surface area contributed by atoms with E-state index in [9.17, 15) is 4.79 Å². The number of aryl methyl sites for hydroxylation is 1. The molecule has 2 aromatic rings. The number of rotatable bonds is 3. The average molecular weight is 232 g/mol. The normalized spacial score (nSPS) is 10.2. The van der Waals surface area contributed by atoms with Crippen LogP contribution in [0.1, 0.15) is 16.2 Å². The third kappa shape index (κ3) is 2.22. The first kappa shape index (κ1) is 11.1. The van der Waals surface area contributed by atoms with Crippen molar-refractivity contribution in [3.05, 3.63) is 29.7 Å². The second kappa shape index (κ2) is 4.20. The molecule has 0 aliphatic rings. The van der Waals surface area contributed by atoms with E-state index in [1.807, 2.05) is 6.92 Å². The van der Waals surface area contributed by atoms with Gasteiger partial charge in [0.25, 0.3) is 5.91 Å². The minimum Gasteiger partial charge on any atom is -0.364 e. The molecule has 0 aromatic carbocycles. The lowest BCUT2D eigenvalue weighted by Crippen LogP contribution is -2.12. The van der Waals surface area contributed by atoms with E-state index < -0.39 is 5.91 Å². The third-order valence-corrected chi connectivity index (χ3v) is 2.14. The van der Waals surface area contributed by atoms with Gasteiger partial charge in [0.1, 0.15) is 5.69 Å². The predicted molar refractivity (Wildman–Crippen MR) is 62.0 cm³/mol. The van der Waals surface area contributed by atoms with Crippen LogP contribution < -0.4 is 11.1 Å². The number of nitrogens with zero attached hydrogens (tertiary/aromatic N) is 4. The minimum atomic E-state index is -0.566. The van der Waals surface area contributed by atoms with E-state index in [4.69, 9.17) is 5.73 Å². The van der Waals surface area contributed by atoms with E-state index in [0.717, 1.165) is 5.69 Å². The van der Waals surface area contributed by atoms with Gasteiger partial charge >= 0.3 is 0 Å². The summed E-state index contributed by atoms with van der Waals surface area (Å²) >= 11 is 0. The van der Waals surface area contributed by atoms with Gasteiger partial charge < -0.3 is 11.1 Å². The largest absolute Gasteiger partial charge is 0.364 e. The number of aromatic nitrogens is 4. The molecule has 0 saturated heterocycles. The van der Waals surface area contributed by atoms with Crippen LogP contribution in [-0.4, -0.2) is 32.7 Å². The summed E-state index contributed by atoms with van der Waals surface area (Å²) in [7, 11) is 1.73. The second-order valence-corrected chi connectivity index (χ2v) is 3.45. The molecule has 7 heteroatoms. The Hall–Kier alpha value is -2.44. The lowest BCUT2D eigenvalue weighted by Gasteiger charge is -2.04. The maximum atomic E-state index is 10.9. The third-order valence-electron chi connectivity index (χ3n) is 2.14. The summed E-state index contributed by atoms with van der Waals surface area (Å²) in [5, 5.41) is 6.87. The van der Waals surface area contributed by atoms with Crippen LogP contribution in [0.15, 0.2) is 18.3 Å². The van der Waals surface area contributed by atoms with Crippen molar-refractivity contribution in [2.75, 3.05) is 12.4 Å². The van der Waals surface area contributed by atoms with Gasteiger partial charge in [-0.2, -0.15) is 10.1 Å². The molecular weight excluding hydrogens is 220 g/mol. The molecular formula is C10H12N6O. The lowest BCUT2D eigenvalue weighted by atomic mass is 10.4. The summed E-state index contributed by atoms with van der Waals surface area (Å²) in [4.78, 5) is 19.3. The molecule has 0 bridgehead atoms. The molecule has 7 nitrogen and oxygen atoms in total. The Morgan fingerprint density at radius 3 is 2.82 bits per heavy atom. The molecule has 2 rings (SSSR count). The van der Waals surface area contributed by atoms with Gasteiger partial charge in [0.15, 0.2) is 5.82 Å². The fourth-order valence-electron chi connectivity index (χ4n) is 1.36. The van der Waals surface area contributed by atoms with Crippen molar-refractivity contribution >= 4 is 11.9 Å². The molecule has 0 unspecified atom stereocenters. The van der Waals surface area contributed by atoms with Gasteiger partial charge in [0, 0.05) is 25.0 Å². The first-order valence-electron chi connectivity index (χ1n) is 4.99. The Labute approximate surface area is 97.7 Å². The first-order valence-corrected chi connectivity index (χ1v) is 4.99. The maximum Gasteiger partial charge on any atom is 0.269 e. The van der Waals surface area contributed by atoms with Gasteiger partial charge in [0.05, 0.1) is 0 Å². The summed E-state index contributed by atoms with van der Waals surface area (Å²) in [6, 6.07) is 3.30. The van der Waals surface area contributed by atoms with Crippen LogP contribution in [0.3, 0.4) is 0 Å². The Bertz CT molecular complexity index is 562. The van der Waals surface area contributed by atoms with Crippen LogP contribution in [0.4, 0.5) is 5.95 Å². The van der Waals surface area contributed by atoms with Crippen LogP contribution in [0, 0.1) is 6.92 Å². The smallest absolute Gasteiger partial charge is 0.269 e. The van der Waals surface area contributed by atoms with E-state index in [1.165, 1.54) is 4.68 Å². The molecule has 0 saturated carbocycles. The summed E-state index contributed by atoms with van der Waals surface area (Å²) in [6.45, 7) is 1.85. The van der Waals surface area contributed by atoms with Crippen molar-refractivity contribution in [3.8, 4) is 5.82 Å². The monoisotopic (exact) mass is 232 g/mol. The Morgan fingerprint density at radius 1 is 1.47 bits per heavy atom. The standard InChI is InChI=1S/C10H12N6O/c1-6-5-8(14-10(12-2)13-6)16-4-3-7(15-16)9(11)17/h3-5H,1-2H3,(H2,11,17)(H,12,13,14). The number of anilines is 1. The molecule has 88 valence electrons. The molecule has 3 N–H and O–H groups in total. The van der Waals surface area contributed by atoms with Crippen LogP contribution in [0.2, 0.25) is 0 Å². The SMILES string of the molecule is CNc1nc(C)cc(-n2ccc(C(N)=O)n2)n1. The first-order chi connectivity index (χ1) is 8.10. The van der Waals surface area contributed by atoms with Crippen LogP contribution in [0.5, 0.6) is 0 Å². The second-order valence-electron chi connectivity index (χ2n) is 3.45. The van der Waals surface area contributed by atoms with Crippen molar-refractivity contribution in [1.29, 1.82) is 0 Å². The number of carbonyl (C=O) groups is 1. The van der Waals surface area contributed by atoms with E-state index >= 15 is 0 Å². The van der Waals surface area contributed by atoms with Gasteiger partial charge in [-0.05, 0) is 13.0 Å². The minimum absolute atomic E-state index is 0.201. The van der Waals surface area contributed by atoms with Gasteiger partial charge in [-0.1, -0.05) is 0 Å². The Kier molecular flexibility index (Phi) is 2.73. The van der Waals surface area contributed by atoms with Gasteiger partial charge in [-0.15, -0.1) is 0 Å². The zero-order valence-corrected chi connectivity index (χ0v) is 9.51. The van der Waals surface area contributed by atoms with Crippen LogP contribution in [-0.2, 0) is 0 Å². The molecule has 0 fully saturated rings. The number of hydrogen-bond acceptors (Lipinski definition) is 5. The van der Waals surface area contributed by atoms with Crippen molar-refractivity contribution in [2.24, 2.45) is 5.73 Å². The van der Waals surface area contributed by atoms with E-state index in [1.54, 1.807) is 25.4 Å². The fraction of sp³-hybridized carbons (Fsp3) is 0.200. The van der Waals surface area contributed by atoms with Crippen LogP contribution >= 0.6 is 0 Å².